The van der Waals surface area contributed by atoms with Crippen LogP contribution in [0.5, 0.6) is 0 Å². The summed E-state index contributed by atoms with van der Waals surface area (Å²) in [5, 5.41) is 13.6. The average molecular weight is 489 g/mol. The molecule has 2 atom stereocenters. The first kappa shape index (κ1) is 22.7. The lowest BCUT2D eigenvalue weighted by Gasteiger charge is -2.18. The van der Waals surface area contributed by atoms with Crippen LogP contribution in [0.1, 0.15) is 18.9 Å². The highest BCUT2D eigenvalue weighted by molar-refractivity contribution is 8.15. The number of nitrogens with zero attached hydrogens (tertiary/aromatic N) is 3. The minimum Gasteiger partial charge on any atom is -0.378 e. The molecule has 2 aromatic heterocycles. The standard InChI is InChI=1S/C19H19F3N4O4S2/c1-2-32(29,30)15-8-13(31-6-5-16(27)25-31)10-23-17(15)26-18(28)14-7-12(19(20,21)22)4-3-11(14)9-24-26/h3-4,7-10,16,25,27,31H,2,5-6H2,1H3/t16-/m0/s1. The third-order valence-corrected chi connectivity index (χ3v) is 9.01. The van der Waals surface area contributed by atoms with E-state index < -0.39 is 44.4 Å². The van der Waals surface area contributed by atoms with Crippen molar-refractivity contribution in [2.45, 2.75) is 35.5 Å². The maximum atomic E-state index is 13.1. The fourth-order valence-corrected chi connectivity index (χ4v) is 6.48. The first-order valence-electron chi connectivity index (χ1n) is 9.55. The van der Waals surface area contributed by atoms with E-state index in [0.29, 0.717) is 27.8 Å². The van der Waals surface area contributed by atoms with Gasteiger partial charge in [-0.2, -0.15) is 34.0 Å². The van der Waals surface area contributed by atoms with Gasteiger partial charge in [-0.25, -0.2) is 13.4 Å². The number of thiol groups is 1. The number of aliphatic hydroxyl groups excluding tert-OH is 1. The number of hydrogen-bond donors (Lipinski definition) is 3. The lowest BCUT2D eigenvalue weighted by Crippen LogP contribution is -2.25. The zero-order valence-electron chi connectivity index (χ0n) is 16.7. The van der Waals surface area contributed by atoms with E-state index in [2.05, 4.69) is 14.8 Å². The van der Waals surface area contributed by atoms with Gasteiger partial charge in [0.1, 0.15) is 11.1 Å². The van der Waals surface area contributed by atoms with Crippen molar-refractivity contribution in [1.29, 1.82) is 0 Å². The van der Waals surface area contributed by atoms with Crippen LogP contribution in [0, 0.1) is 0 Å². The Kier molecular flexibility index (Phi) is 5.77. The molecule has 1 saturated heterocycles. The summed E-state index contributed by atoms with van der Waals surface area (Å²) in [6.07, 6.45) is -2.25. The van der Waals surface area contributed by atoms with Crippen LogP contribution in [0.15, 0.2) is 51.2 Å². The summed E-state index contributed by atoms with van der Waals surface area (Å²) in [4.78, 5) is 17.5. The Hall–Kier alpha value is -2.48. The van der Waals surface area contributed by atoms with Crippen molar-refractivity contribution < 1.29 is 26.7 Å². The molecule has 1 unspecified atom stereocenters. The molecule has 0 radical (unpaired) electrons. The van der Waals surface area contributed by atoms with Crippen LogP contribution in [0.25, 0.3) is 16.6 Å². The van der Waals surface area contributed by atoms with Crippen molar-refractivity contribution >= 4 is 31.7 Å². The molecule has 4 rings (SSSR count). The monoisotopic (exact) mass is 488 g/mol. The lowest BCUT2D eigenvalue weighted by atomic mass is 10.1. The largest absolute Gasteiger partial charge is 0.416 e. The second-order valence-electron chi connectivity index (χ2n) is 7.17. The second-order valence-corrected chi connectivity index (χ2v) is 11.5. The Labute approximate surface area is 183 Å². The second kappa shape index (κ2) is 8.14. The average Bonchev–Trinajstić information content (AvgIpc) is 3.19. The molecule has 13 heteroatoms. The third-order valence-electron chi connectivity index (χ3n) is 5.09. The summed E-state index contributed by atoms with van der Waals surface area (Å²) in [6, 6.07) is 4.09. The highest BCUT2D eigenvalue weighted by Gasteiger charge is 2.31. The molecule has 8 nitrogen and oxygen atoms in total. The van der Waals surface area contributed by atoms with Gasteiger partial charge in [-0.3, -0.25) is 9.52 Å². The minimum atomic E-state index is -4.65. The Bertz CT molecular complexity index is 1360. The molecular weight excluding hydrogens is 469 g/mol. The molecule has 0 aliphatic carbocycles. The topological polar surface area (TPSA) is 114 Å². The van der Waals surface area contributed by atoms with Gasteiger partial charge in [0, 0.05) is 16.5 Å². The number of benzene rings is 1. The summed E-state index contributed by atoms with van der Waals surface area (Å²) >= 11 is -1.04. The Morgan fingerprint density at radius 1 is 1.28 bits per heavy atom. The van der Waals surface area contributed by atoms with Gasteiger partial charge in [0.05, 0.1) is 22.9 Å². The molecule has 32 heavy (non-hydrogen) atoms. The summed E-state index contributed by atoms with van der Waals surface area (Å²) in [5.74, 6) is 0.0617. The molecule has 3 aromatic rings. The Morgan fingerprint density at radius 3 is 2.66 bits per heavy atom. The van der Waals surface area contributed by atoms with E-state index >= 15 is 0 Å². The summed E-state index contributed by atoms with van der Waals surface area (Å²) in [6.45, 7) is 1.43. The maximum absolute atomic E-state index is 13.1. The van der Waals surface area contributed by atoms with Gasteiger partial charge in [0.25, 0.3) is 5.56 Å². The molecule has 172 valence electrons. The van der Waals surface area contributed by atoms with E-state index in [1.165, 1.54) is 25.4 Å². The number of sulfone groups is 1. The van der Waals surface area contributed by atoms with Crippen LogP contribution in [0.2, 0.25) is 0 Å². The number of halogens is 3. The van der Waals surface area contributed by atoms with Crippen LogP contribution in [-0.2, 0) is 16.0 Å². The molecule has 1 aliphatic rings. The van der Waals surface area contributed by atoms with E-state index in [0.717, 1.165) is 12.1 Å². The van der Waals surface area contributed by atoms with E-state index in [-0.39, 0.29) is 27.2 Å². The van der Waals surface area contributed by atoms with Gasteiger partial charge in [-0.05, 0) is 30.4 Å². The highest BCUT2D eigenvalue weighted by Crippen LogP contribution is 2.39. The van der Waals surface area contributed by atoms with Crippen LogP contribution < -0.4 is 10.3 Å². The first-order chi connectivity index (χ1) is 15.0. The third kappa shape index (κ3) is 4.12. The number of aromatic nitrogens is 3. The fourth-order valence-electron chi connectivity index (χ4n) is 3.35. The Morgan fingerprint density at radius 2 is 2.03 bits per heavy atom. The molecule has 2 N–H and O–H groups in total. The molecule has 0 bridgehead atoms. The number of alkyl halides is 3. The lowest BCUT2D eigenvalue weighted by molar-refractivity contribution is -0.137. The number of hydrogen-bond acceptors (Lipinski definition) is 7. The van der Waals surface area contributed by atoms with Crippen LogP contribution in [0.3, 0.4) is 0 Å². The fraction of sp³-hybridized carbons (Fsp3) is 0.316. The smallest absolute Gasteiger partial charge is 0.378 e. The van der Waals surface area contributed by atoms with Crippen LogP contribution >= 0.6 is 11.1 Å². The molecule has 0 amide bonds. The zero-order valence-corrected chi connectivity index (χ0v) is 18.4. The number of aliphatic hydroxyl groups is 1. The van der Waals surface area contributed by atoms with Gasteiger partial charge in [-0.15, -0.1) is 0 Å². The van der Waals surface area contributed by atoms with Crippen LogP contribution in [0.4, 0.5) is 13.2 Å². The van der Waals surface area contributed by atoms with Crippen molar-refractivity contribution in [3.63, 3.8) is 0 Å². The number of rotatable bonds is 4. The summed E-state index contributed by atoms with van der Waals surface area (Å²) in [7, 11) is -3.87. The van der Waals surface area contributed by atoms with Gasteiger partial charge in [0.2, 0.25) is 0 Å². The van der Waals surface area contributed by atoms with Gasteiger partial charge in [-0.1, -0.05) is 13.0 Å². The van der Waals surface area contributed by atoms with Crippen molar-refractivity contribution in [2.75, 3.05) is 11.5 Å². The SMILES string of the molecule is CCS(=O)(=O)c1cc([SH]2CC[C@H](O)N2)cnc1-n1ncc2ccc(C(F)(F)F)cc2c1=O. The van der Waals surface area contributed by atoms with Crippen molar-refractivity contribution in [1.82, 2.24) is 19.5 Å². The normalized spacial score (nSPS) is 20.7. The summed E-state index contributed by atoms with van der Waals surface area (Å²) in [5.41, 5.74) is -1.92. The molecule has 1 aromatic carbocycles. The minimum absolute atomic E-state index is 0.184. The van der Waals surface area contributed by atoms with E-state index in [4.69, 9.17) is 0 Å². The molecule has 3 heterocycles. The number of nitrogens with one attached hydrogen (secondary N) is 1. The van der Waals surface area contributed by atoms with Crippen molar-refractivity contribution in [2.24, 2.45) is 0 Å². The summed E-state index contributed by atoms with van der Waals surface area (Å²) < 4.78 is 68.6. The molecule has 1 fully saturated rings. The van der Waals surface area contributed by atoms with Crippen LogP contribution in [-0.4, -0.2) is 46.0 Å². The highest BCUT2D eigenvalue weighted by atomic mass is 32.2. The Balaban J connectivity index is 1.92. The van der Waals surface area contributed by atoms with Gasteiger partial charge >= 0.3 is 6.18 Å². The molecular formula is C19H19F3N4O4S2. The van der Waals surface area contributed by atoms with Crippen molar-refractivity contribution in [3.05, 3.63) is 52.6 Å². The van der Waals surface area contributed by atoms with Crippen molar-refractivity contribution in [3.8, 4) is 5.82 Å². The molecule has 1 aliphatic heterocycles. The zero-order chi connectivity index (χ0) is 23.3. The predicted molar refractivity (Wildman–Crippen MR) is 114 cm³/mol. The quantitative estimate of drug-likeness (QED) is 0.483. The number of pyridine rings is 1. The van der Waals surface area contributed by atoms with Gasteiger partial charge < -0.3 is 5.11 Å². The van der Waals surface area contributed by atoms with Gasteiger partial charge in [0.15, 0.2) is 15.7 Å². The van der Waals surface area contributed by atoms with E-state index in [1.807, 2.05) is 0 Å². The maximum Gasteiger partial charge on any atom is 0.416 e. The van der Waals surface area contributed by atoms with E-state index in [9.17, 15) is 31.5 Å². The first-order valence-corrected chi connectivity index (χ1v) is 12.7. The predicted octanol–water partition coefficient (Wildman–Crippen LogP) is 2.18. The van der Waals surface area contributed by atoms with E-state index in [1.54, 1.807) is 0 Å². The molecule has 0 saturated carbocycles. The number of fused-ring (bicyclic) bond motifs is 1. The molecule has 0 spiro atoms.